The second kappa shape index (κ2) is 7.20. The van der Waals surface area contributed by atoms with Gasteiger partial charge in [0, 0.05) is 43.9 Å². The molecule has 6 nitrogen and oxygen atoms in total. The van der Waals surface area contributed by atoms with Crippen molar-refractivity contribution in [3.8, 4) is 0 Å². The smallest absolute Gasteiger partial charge is 0.317 e. The molecular weight excluding hydrogens is 318 g/mol. The van der Waals surface area contributed by atoms with E-state index in [1.54, 1.807) is 6.07 Å². The van der Waals surface area contributed by atoms with Gasteiger partial charge < -0.3 is 19.5 Å². The van der Waals surface area contributed by atoms with Gasteiger partial charge in [0.25, 0.3) is 5.56 Å². The third-order valence-corrected chi connectivity index (χ3v) is 5.80. The number of carbonyl (C=O) groups excluding carboxylic acids is 1. The van der Waals surface area contributed by atoms with Crippen LogP contribution in [-0.2, 0) is 11.3 Å². The van der Waals surface area contributed by atoms with Gasteiger partial charge in [0.2, 0.25) is 0 Å². The molecule has 0 spiro atoms. The summed E-state index contributed by atoms with van der Waals surface area (Å²) in [6, 6.07) is 5.48. The molecule has 1 aromatic rings. The van der Waals surface area contributed by atoms with Crippen LogP contribution < -0.4 is 10.9 Å². The average molecular weight is 345 g/mol. The van der Waals surface area contributed by atoms with E-state index in [0.29, 0.717) is 31.7 Å². The van der Waals surface area contributed by atoms with Crippen molar-refractivity contribution in [1.82, 2.24) is 14.8 Å². The summed E-state index contributed by atoms with van der Waals surface area (Å²) >= 11 is 0. The zero-order valence-electron chi connectivity index (χ0n) is 14.7. The molecule has 1 aromatic heterocycles. The van der Waals surface area contributed by atoms with Crippen LogP contribution in [0.3, 0.4) is 0 Å². The number of ether oxygens (including phenoxy) is 1. The molecule has 1 N–H and O–H groups in total. The number of pyridine rings is 1. The Bertz CT molecular complexity index is 681. The van der Waals surface area contributed by atoms with E-state index in [1.165, 1.54) is 12.8 Å². The molecule has 4 rings (SSSR count). The van der Waals surface area contributed by atoms with Gasteiger partial charge in [-0.25, -0.2) is 4.79 Å². The predicted octanol–water partition coefficient (Wildman–Crippen LogP) is 1.94. The molecule has 1 aliphatic carbocycles. The van der Waals surface area contributed by atoms with Crippen molar-refractivity contribution in [2.75, 3.05) is 26.2 Å². The first-order chi connectivity index (χ1) is 12.2. The van der Waals surface area contributed by atoms with Gasteiger partial charge in [-0.1, -0.05) is 18.9 Å². The number of hydrogen-bond acceptors (Lipinski definition) is 3. The number of hydrogen-bond donors (Lipinski definition) is 1. The largest absolute Gasteiger partial charge is 0.376 e. The average Bonchev–Trinajstić information content (AvgIpc) is 3.13. The van der Waals surface area contributed by atoms with E-state index in [2.05, 4.69) is 5.32 Å². The summed E-state index contributed by atoms with van der Waals surface area (Å²) < 4.78 is 7.70. The van der Waals surface area contributed by atoms with Gasteiger partial charge in [-0.05, 0) is 31.2 Å². The number of amides is 2. The lowest BCUT2D eigenvalue weighted by molar-refractivity contribution is 0.0596. The van der Waals surface area contributed by atoms with Crippen molar-refractivity contribution in [3.05, 3.63) is 34.2 Å². The highest BCUT2D eigenvalue weighted by atomic mass is 16.5. The third-order valence-electron chi connectivity index (χ3n) is 5.80. The van der Waals surface area contributed by atoms with Crippen LogP contribution in [0.25, 0.3) is 0 Å². The Hall–Kier alpha value is -1.82. The minimum Gasteiger partial charge on any atom is -0.376 e. The van der Waals surface area contributed by atoms with Gasteiger partial charge in [0.15, 0.2) is 0 Å². The standard InChI is InChI=1S/C19H27N3O3/c23-18-7-3-6-17-15-10-14(12-22(17)18)11-21(13-15)19(24)20-8-9-25-16-4-1-2-5-16/h3,6-7,14-16H,1-2,4-5,8-13H2,(H,20,24)/t14-,15+/m0/s1. The van der Waals surface area contributed by atoms with Crippen molar-refractivity contribution < 1.29 is 9.53 Å². The summed E-state index contributed by atoms with van der Waals surface area (Å²) in [7, 11) is 0. The number of fused-ring (bicyclic) bond motifs is 4. The molecule has 2 fully saturated rings. The number of nitrogens with one attached hydrogen (secondary N) is 1. The highest BCUT2D eigenvalue weighted by molar-refractivity contribution is 5.74. The maximum Gasteiger partial charge on any atom is 0.317 e. The number of likely N-dealkylation sites (tertiary alicyclic amines) is 1. The topological polar surface area (TPSA) is 63.6 Å². The SMILES string of the molecule is O=C(NCCOC1CCCC1)N1C[C@@H]2C[C@H](C1)c1cccc(=O)n1C2. The lowest BCUT2D eigenvalue weighted by Crippen LogP contribution is -2.52. The molecular formula is C19H27N3O3. The summed E-state index contributed by atoms with van der Waals surface area (Å²) in [5, 5.41) is 2.99. The summed E-state index contributed by atoms with van der Waals surface area (Å²) in [5.74, 6) is 0.633. The highest BCUT2D eigenvalue weighted by Crippen LogP contribution is 2.34. The van der Waals surface area contributed by atoms with Crippen LogP contribution in [0.1, 0.15) is 43.7 Å². The first kappa shape index (κ1) is 16.6. The van der Waals surface area contributed by atoms with Crippen molar-refractivity contribution >= 4 is 6.03 Å². The van der Waals surface area contributed by atoms with Crippen LogP contribution in [0.2, 0.25) is 0 Å². The Morgan fingerprint density at radius 1 is 1.20 bits per heavy atom. The molecule has 2 atom stereocenters. The number of urea groups is 1. The predicted molar refractivity (Wildman–Crippen MR) is 94.7 cm³/mol. The summed E-state index contributed by atoms with van der Waals surface area (Å²) in [4.78, 5) is 26.5. The van der Waals surface area contributed by atoms with Crippen LogP contribution >= 0.6 is 0 Å². The summed E-state index contributed by atoms with van der Waals surface area (Å²) in [6.07, 6.45) is 6.29. The molecule has 0 unspecified atom stereocenters. The van der Waals surface area contributed by atoms with Crippen LogP contribution in [0.5, 0.6) is 0 Å². The summed E-state index contributed by atoms with van der Waals surface area (Å²) in [6.45, 7) is 3.30. The minimum atomic E-state index is -0.00329. The fourth-order valence-corrected chi connectivity index (χ4v) is 4.61. The minimum absolute atomic E-state index is 0.00329. The molecule has 2 aliphatic heterocycles. The quantitative estimate of drug-likeness (QED) is 0.848. The van der Waals surface area contributed by atoms with Gasteiger partial charge in [-0.3, -0.25) is 4.79 Å². The van der Waals surface area contributed by atoms with Gasteiger partial charge in [-0.2, -0.15) is 0 Å². The molecule has 6 heteroatoms. The Morgan fingerprint density at radius 3 is 2.88 bits per heavy atom. The number of aromatic nitrogens is 1. The second-order valence-corrected chi connectivity index (χ2v) is 7.61. The molecule has 0 radical (unpaired) electrons. The number of nitrogens with zero attached hydrogens (tertiary/aromatic N) is 2. The molecule has 3 heterocycles. The van der Waals surface area contributed by atoms with Crippen molar-refractivity contribution in [1.29, 1.82) is 0 Å². The molecule has 1 saturated heterocycles. The molecule has 25 heavy (non-hydrogen) atoms. The van der Waals surface area contributed by atoms with Crippen LogP contribution in [0.4, 0.5) is 4.79 Å². The zero-order chi connectivity index (χ0) is 17.2. The van der Waals surface area contributed by atoms with E-state index in [0.717, 1.165) is 38.0 Å². The molecule has 0 aromatic carbocycles. The fraction of sp³-hybridized carbons (Fsp3) is 0.684. The first-order valence-electron chi connectivity index (χ1n) is 9.55. The summed E-state index contributed by atoms with van der Waals surface area (Å²) in [5.41, 5.74) is 1.15. The van der Waals surface area contributed by atoms with Gasteiger partial charge >= 0.3 is 6.03 Å². The molecule has 2 amide bonds. The fourth-order valence-electron chi connectivity index (χ4n) is 4.61. The Morgan fingerprint density at radius 2 is 2.04 bits per heavy atom. The normalized spacial score (nSPS) is 25.7. The zero-order valence-corrected chi connectivity index (χ0v) is 14.7. The van der Waals surface area contributed by atoms with E-state index >= 15 is 0 Å². The molecule has 136 valence electrons. The first-order valence-corrected chi connectivity index (χ1v) is 9.55. The van der Waals surface area contributed by atoms with E-state index in [1.807, 2.05) is 21.6 Å². The Balaban J connectivity index is 1.30. The Labute approximate surface area is 148 Å². The third kappa shape index (κ3) is 3.59. The lowest BCUT2D eigenvalue weighted by Gasteiger charge is -2.42. The maximum atomic E-state index is 12.5. The maximum absolute atomic E-state index is 12.5. The van der Waals surface area contributed by atoms with E-state index in [9.17, 15) is 9.59 Å². The van der Waals surface area contributed by atoms with Gasteiger partial charge in [0.05, 0.1) is 12.7 Å². The second-order valence-electron chi connectivity index (χ2n) is 7.61. The lowest BCUT2D eigenvalue weighted by atomic mass is 9.83. The van der Waals surface area contributed by atoms with Crippen molar-refractivity contribution in [2.24, 2.45) is 5.92 Å². The van der Waals surface area contributed by atoms with Gasteiger partial charge in [-0.15, -0.1) is 0 Å². The Kier molecular flexibility index (Phi) is 4.79. The van der Waals surface area contributed by atoms with Crippen LogP contribution in [0, 0.1) is 5.92 Å². The molecule has 1 saturated carbocycles. The highest BCUT2D eigenvalue weighted by Gasteiger charge is 2.36. The number of piperidine rings is 1. The van der Waals surface area contributed by atoms with Crippen molar-refractivity contribution in [3.63, 3.8) is 0 Å². The number of carbonyl (C=O) groups is 1. The van der Waals surface area contributed by atoms with Crippen molar-refractivity contribution in [2.45, 2.75) is 50.7 Å². The van der Waals surface area contributed by atoms with E-state index in [-0.39, 0.29) is 17.5 Å². The molecule has 3 aliphatic rings. The molecule has 2 bridgehead atoms. The van der Waals surface area contributed by atoms with Crippen LogP contribution in [0.15, 0.2) is 23.0 Å². The van der Waals surface area contributed by atoms with Gasteiger partial charge in [0.1, 0.15) is 0 Å². The monoisotopic (exact) mass is 345 g/mol. The van der Waals surface area contributed by atoms with Crippen LogP contribution in [-0.4, -0.2) is 47.8 Å². The van der Waals surface area contributed by atoms with E-state index < -0.39 is 0 Å². The number of rotatable bonds is 4. The van der Waals surface area contributed by atoms with E-state index in [4.69, 9.17) is 4.74 Å².